The van der Waals surface area contributed by atoms with Gasteiger partial charge in [-0.15, -0.1) is 0 Å². The maximum absolute atomic E-state index is 13.3. The molecule has 0 atom stereocenters. The van der Waals surface area contributed by atoms with Gasteiger partial charge in [0.2, 0.25) is 0 Å². The van der Waals surface area contributed by atoms with Crippen LogP contribution in [0.1, 0.15) is 32.3 Å². The van der Waals surface area contributed by atoms with Crippen molar-refractivity contribution >= 4 is 17.4 Å². The second kappa shape index (κ2) is 10.6. The standard InChI is InChI=1S/C23H33N3O4/c1-4-16-30-19-9-7-18(8-10-19)20-21(25-14-12-24(5-2)13-15-25)23(28)26(22(20)27)11-6-17-29-3/h7-10H,4-6,11-17H2,1-3H3. The molecule has 1 aromatic rings. The molecule has 1 fully saturated rings. The van der Waals surface area contributed by atoms with Crippen LogP contribution in [0.15, 0.2) is 30.0 Å². The van der Waals surface area contributed by atoms with Gasteiger partial charge in [-0.05, 0) is 37.1 Å². The third-order valence-corrected chi connectivity index (χ3v) is 5.63. The number of benzene rings is 1. The number of hydrogen-bond acceptors (Lipinski definition) is 6. The Balaban J connectivity index is 1.89. The Kier molecular flexibility index (Phi) is 7.87. The number of hydrogen-bond donors (Lipinski definition) is 0. The number of piperazine rings is 1. The molecule has 3 rings (SSSR count). The van der Waals surface area contributed by atoms with E-state index in [0.29, 0.717) is 37.4 Å². The lowest BCUT2D eigenvalue weighted by molar-refractivity contribution is -0.137. The quantitative estimate of drug-likeness (QED) is 0.431. The van der Waals surface area contributed by atoms with E-state index in [4.69, 9.17) is 9.47 Å². The van der Waals surface area contributed by atoms with Gasteiger partial charge in [0.25, 0.3) is 11.8 Å². The summed E-state index contributed by atoms with van der Waals surface area (Å²) < 4.78 is 10.8. The van der Waals surface area contributed by atoms with Crippen LogP contribution in [0.2, 0.25) is 0 Å². The van der Waals surface area contributed by atoms with Crippen molar-refractivity contribution in [1.82, 2.24) is 14.7 Å². The summed E-state index contributed by atoms with van der Waals surface area (Å²) in [5.74, 6) is 0.363. The summed E-state index contributed by atoms with van der Waals surface area (Å²) >= 11 is 0. The minimum absolute atomic E-state index is 0.192. The molecule has 1 aromatic carbocycles. The Labute approximate surface area is 179 Å². The molecule has 0 N–H and O–H groups in total. The maximum atomic E-state index is 13.3. The van der Waals surface area contributed by atoms with Gasteiger partial charge in [-0.2, -0.15) is 0 Å². The third kappa shape index (κ3) is 4.84. The van der Waals surface area contributed by atoms with Crippen LogP contribution in [-0.4, -0.2) is 86.1 Å². The number of ether oxygens (including phenoxy) is 2. The number of imide groups is 1. The normalized spacial score (nSPS) is 18.0. The van der Waals surface area contributed by atoms with E-state index < -0.39 is 0 Å². The van der Waals surface area contributed by atoms with Crippen LogP contribution in [0.4, 0.5) is 0 Å². The zero-order valence-corrected chi connectivity index (χ0v) is 18.4. The van der Waals surface area contributed by atoms with Crippen molar-refractivity contribution in [2.75, 3.05) is 59.6 Å². The van der Waals surface area contributed by atoms with Gasteiger partial charge in [0.05, 0.1) is 12.2 Å². The van der Waals surface area contributed by atoms with Crippen molar-refractivity contribution in [3.63, 3.8) is 0 Å². The predicted octanol–water partition coefficient (Wildman–Crippen LogP) is 2.23. The van der Waals surface area contributed by atoms with Crippen LogP contribution in [0.25, 0.3) is 5.57 Å². The van der Waals surface area contributed by atoms with Crippen molar-refractivity contribution in [3.8, 4) is 5.75 Å². The van der Waals surface area contributed by atoms with E-state index in [9.17, 15) is 9.59 Å². The van der Waals surface area contributed by atoms with Gasteiger partial charge in [0, 0.05) is 46.4 Å². The van der Waals surface area contributed by atoms with Gasteiger partial charge in [0.15, 0.2) is 0 Å². The lowest BCUT2D eigenvalue weighted by Gasteiger charge is -2.36. The van der Waals surface area contributed by atoms with E-state index in [1.165, 1.54) is 4.90 Å². The Morgan fingerprint density at radius 1 is 0.933 bits per heavy atom. The summed E-state index contributed by atoms with van der Waals surface area (Å²) in [6, 6.07) is 7.50. The summed E-state index contributed by atoms with van der Waals surface area (Å²) in [6.07, 6.45) is 1.56. The SMILES string of the molecule is CCCOc1ccc(C2=C(N3CCN(CC)CC3)C(=O)N(CCCOC)C2=O)cc1. The molecule has 0 aliphatic carbocycles. The molecule has 7 heteroatoms. The molecule has 0 aromatic heterocycles. The fourth-order valence-corrected chi connectivity index (χ4v) is 3.91. The minimum Gasteiger partial charge on any atom is -0.494 e. The summed E-state index contributed by atoms with van der Waals surface area (Å²) in [7, 11) is 1.62. The molecule has 0 radical (unpaired) electrons. The number of carbonyl (C=O) groups excluding carboxylic acids is 2. The fourth-order valence-electron chi connectivity index (χ4n) is 3.91. The molecule has 0 bridgehead atoms. The minimum atomic E-state index is -0.216. The predicted molar refractivity (Wildman–Crippen MR) is 116 cm³/mol. The summed E-state index contributed by atoms with van der Waals surface area (Å²) in [5, 5.41) is 0. The molecular formula is C23H33N3O4. The number of rotatable bonds is 10. The van der Waals surface area contributed by atoms with Gasteiger partial charge in [-0.3, -0.25) is 14.5 Å². The van der Waals surface area contributed by atoms with E-state index in [2.05, 4.69) is 23.6 Å². The van der Waals surface area contributed by atoms with Crippen LogP contribution < -0.4 is 4.74 Å². The third-order valence-electron chi connectivity index (χ3n) is 5.63. The largest absolute Gasteiger partial charge is 0.494 e. The molecule has 2 amide bonds. The second-order valence-electron chi connectivity index (χ2n) is 7.63. The number of likely N-dealkylation sites (N-methyl/N-ethyl adjacent to an activating group) is 1. The van der Waals surface area contributed by atoms with Crippen LogP contribution in [0.3, 0.4) is 0 Å². The van der Waals surface area contributed by atoms with Gasteiger partial charge >= 0.3 is 0 Å². The molecular weight excluding hydrogens is 382 g/mol. The van der Waals surface area contributed by atoms with Crippen molar-refractivity contribution in [1.29, 1.82) is 0 Å². The first-order valence-electron chi connectivity index (χ1n) is 10.9. The smallest absolute Gasteiger partial charge is 0.277 e. The highest BCUT2D eigenvalue weighted by molar-refractivity contribution is 6.35. The van der Waals surface area contributed by atoms with Crippen molar-refractivity contribution in [2.45, 2.75) is 26.7 Å². The topological polar surface area (TPSA) is 62.3 Å². The van der Waals surface area contributed by atoms with E-state index in [0.717, 1.165) is 50.5 Å². The van der Waals surface area contributed by atoms with Gasteiger partial charge in [-0.1, -0.05) is 26.0 Å². The molecule has 2 heterocycles. The summed E-state index contributed by atoms with van der Waals surface area (Å²) in [4.78, 5) is 32.4. The van der Waals surface area contributed by atoms with Gasteiger partial charge < -0.3 is 19.3 Å². The monoisotopic (exact) mass is 415 g/mol. The Hall–Kier alpha value is -2.38. The molecule has 2 aliphatic heterocycles. The lowest BCUT2D eigenvalue weighted by atomic mass is 10.0. The van der Waals surface area contributed by atoms with Crippen molar-refractivity contribution in [2.24, 2.45) is 0 Å². The number of amides is 2. The molecule has 7 nitrogen and oxygen atoms in total. The molecule has 0 saturated carbocycles. The van der Waals surface area contributed by atoms with Crippen LogP contribution in [-0.2, 0) is 14.3 Å². The Bertz CT molecular complexity index is 767. The Morgan fingerprint density at radius 3 is 2.23 bits per heavy atom. The first kappa shape index (κ1) is 22.3. The van der Waals surface area contributed by atoms with Gasteiger partial charge in [0.1, 0.15) is 11.4 Å². The van der Waals surface area contributed by atoms with E-state index in [1.807, 2.05) is 24.3 Å². The average Bonchev–Trinajstić information content (AvgIpc) is 3.03. The summed E-state index contributed by atoms with van der Waals surface area (Å²) in [5.41, 5.74) is 1.80. The number of nitrogens with zero attached hydrogens (tertiary/aromatic N) is 3. The van der Waals surface area contributed by atoms with E-state index in [-0.39, 0.29) is 11.8 Å². The first-order chi connectivity index (χ1) is 14.6. The summed E-state index contributed by atoms with van der Waals surface area (Å²) in [6.45, 7) is 10.0. The zero-order chi connectivity index (χ0) is 21.5. The number of carbonyl (C=O) groups is 2. The highest BCUT2D eigenvalue weighted by atomic mass is 16.5. The number of methoxy groups -OCH3 is 1. The average molecular weight is 416 g/mol. The lowest BCUT2D eigenvalue weighted by Crippen LogP contribution is -2.47. The molecule has 30 heavy (non-hydrogen) atoms. The zero-order valence-electron chi connectivity index (χ0n) is 18.4. The second-order valence-corrected chi connectivity index (χ2v) is 7.63. The van der Waals surface area contributed by atoms with E-state index >= 15 is 0 Å². The van der Waals surface area contributed by atoms with E-state index in [1.54, 1.807) is 7.11 Å². The molecule has 0 spiro atoms. The maximum Gasteiger partial charge on any atom is 0.277 e. The van der Waals surface area contributed by atoms with Crippen molar-refractivity contribution in [3.05, 3.63) is 35.5 Å². The van der Waals surface area contributed by atoms with Crippen LogP contribution in [0, 0.1) is 0 Å². The van der Waals surface area contributed by atoms with Crippen LogP contribution in [0.5, 0.6) is 5.75 Å². The first-order valence-corrected chi connectivity index (χ1v) is 10.9. The van der Waals surface area contributed by atoms with Crippen LogP contribution >= 0.6 is 0 Å². The molecule has 0 unspecified atom stereocenters. The highest BCUT2D eigenvalue weighted by Gasteiger charge is 2.41. The fraction of sp³-hybridized carbons (Fsp3) is 0.565. The molecule has 1 saturated heterocycles. The Morgan fingerprint density at radius 2 is 1.63 bits per heavy atom. The van der Waals surface area contributed by atoms with Crippen molar-refractivity contribution < 1.29 is 19.1 Å². The highest BCUT2D eigenvalue weighted by Crippen LogP contribution is 2.33. The molecule has 164 valence electrons. The molecule has 2 aliphatic rings. The van der Waals surface area contributed by atoms with Gasteiger partial charge in [-0.25, -0.2) is 0 Å².